The second-order valence-electron chi connectivity index (χ2n) is 4.08. The van der Waals surface area contributed by atoms with Crippen molar-refractivity contribution in [2.75, 3.05) is 5.75 Å². The molecule has 0 spiro atoms. The molecule has 108 valence electrons. The Hall–Kier alpha value is -1.64. The van der Waals surface area contributed by atoms with Crippen LogP contribution in [0.4, 0.5) is 0 Å². The highest BCUT2D eigenvalue weighted by atomic mass is 32.2. The van der Waals surface area contributed by atoms with E-state index in [1.807, 2.05) is 11.4 Å². The molecule has 0 aliphatic heterocycles. The van der Waals surface area contributed by atoms with E-state index in [1.54, 1.807) is 18.2 Å². The van der Waals surface area contributed by atoms with Crippen molar-refractivity contribution in [2.24, 2.45) is 0 Å². The maximum absolute atomic E-state index is 12.1. The van der Waals surface area contributed by atoms with Crippen LogP contribution in [0.5, 0.6) is 0 Å². The number of hydrogen-bond acceptors (Lipinski definition) is 5. The number of carbonyl (C=O) groups is 1. The molecule has 6 nitrogen and oxygen atoms in total. The van der Waals surface area contributed by atoms with Crippen LogP contribution < -0.4 is 0 Å². The topological polar surface area (TPSA) is 87.8 Å². The zero-order valence-corrected chi connectivity index (χ0v) is 12.1. The Balaban J connectivity index is 2.21. The molecule has 0 radical (unpaired) electrons. The number of rotatable bonds is 7. The summed E-state index contributed by atoms with van der Waals surface area (Å²) in [6, 6.07) is 6.92. The van der Waals surface area contributed by atoms with Gasteiger partial charge in [0, 0.05) is 11.4 Å². The molecule has 0 aromatic carbocycles. The number of hydrogen-bond donors (Lipinski definition) is 1. The molecule has 0 saturated heterocycles. The first-order valence-electron chi connectivity index (χ1n) is 5.72. The average Bonchev–Trinajstić information content (AvgIpc) is 2.98. The zero-order chi connectivity index (χ0) is 14.6. The third-order valence-electron chi connectivity index (χ3n) is 2.52. The van der Waals surface area contributed by atoms with Crippen LogP contribution in [0.3, 0.4) is 0 Å². The molecular weight excluding hydrogens is 302 g/mol. The Labute approximate surface area is 120 Å². The highest BCUT2D eigenvalue weighted by Gasteiger charge is 2.26. The molecule has 0 bridgehead atoms. The van der Waals surface area contributed by atoms with Gasteiger partial charge in [0.05, 0.1) is 12.8 Å². The van der Waals surface area contributed by atoms with Crippen molar-refractivity contribution in [3.63, 3.8) is 0 Å². The summed E-state index contributed by atoms with van der Waals surface area (Å²) in [7, 11) is -3.89. The molecule has 0 aliphatic carbocycles. The molecule has 0 aliphatic rings. The third kappa shape index (κ3) is 3.92. The number of furan rings is 1. The van der Waals surface area contributed by atoms with Gasteiger partial charge in [0.15, 0.2) is 5.75 Å². The van der Waals surface area contributed by atoms with Gasteiger partial charge in [-0.1, -0.05) is 6.07 Å². The van der Waals surface area contributed by atoms with E-state index in [-0.39, 0.29) is 13.1 Å². The summed E-state index contributed by atoms with van der Waals surface area (Å²) in [4.78, 5) is 11.5. The summed E-state index contributed by atoms with van der Waals surface area (Å²) < 4.78 is 30.5. The number of aliphatic carboxylic acids is 1. The molecule has 20 heavy (non-hydrogen) atoms. The van der Waals surface area contributed by atoms with Crippen molar-refractivity contribution in [3.8, 4) is 0 Å². The summed E-state index contributed by atoms with van der Waals surface area (Å²) in [5.41, 5.74) is 0. The summed E-state index contributed by atoms with van der Waals surface area (Å²) >= 11 is 1.41. The Kier molecular flexibility index (Phi) is 4.58. The lowest BCUT2D eigenvalue weighted by molar-refractivity contribution is -0.134. The summed E-state index contributed by atoms with van der Waals surface area (Å²) in [6.45, 7) is 0.147. The molecule has 0 unspecified atom stereocenters. The zero-order valence-electron chi connectivity index (χ0n) is 10.4. The lowest BCUT2D eigenvalue weighted by Gasteiger charge is -2.19. The fourth-order valence-corrected chi connectivity index (χ4v) is 3.61. The van der Waals surface area contributed by atoms with Crippen LogP contribution >= 0.6 is 11.3 Å². The predicted molar refractivity (Wildman–Crippen MR) is 73.7 cm³/mol. The van der Waals surface area contributed by atoms with E-state index in [2.05, 4.69) is 0 Å². The molecule has 0 atom stereocenters. The Morgan fingerprint density at radius 1 is 1.30 bits per heavy atom. The van der Waals surface area contributed by atoms with Gasteiger partial charge in [0.1, 0.15) is 5.76 Å². The van der Waals surface area contributed by atoms with Crippen LogP contribution in [0.1, 0.15) is 10.6 Å². The largest absolute Gasteiger partial charge is 0.480 e. The highest BCUT2D eigenvalue weighted by Crippen LogP contribution is 2.18. The van der Waals surface area contributed by atoms with Gasteiger partial charge in [-0.3, -0.25) is 4.79 Å². The number of sulfonamides is 1. The Bertz CT molecular complexity index is 610. The third-order valence-corrected chi connectivity index (χ3v) is 5.04. The van der Waals surface area contributed by atoms with E-state index < -0.39 is 21.7 Å². The van der Waals surface area contributed by atoms with Crippen LogP contribution in [-0.2, 0) is 27.9 Å². The molecular formula is C12H13NO5S2. The van der Waals surface area contributed by atoms with E-state index >= 15 is 0 Å². The Morgan fingerprint density at radius 3 is 2.65 bits per heavy atom. The van der Waals surface area contributed by atoms with E-state index in [4.69, 9.17) is 9.52 Å². The van der Waals surface area contributed by atoms with Crippen LogP contribution in [0.2, 0.25) is 0 Å². The SMILES string of the molecule is O=C(O)CS(=O)(=O)N(Cc1ccco1)Cc1cccs1. The van der Waals surface area contributed by atoms with Gasteiger partial charge in [-0.25, -0.2) is 8.42 Å². The fraction of sp³-hybridized carbons (Fsp3) is 0.250. The minimum atomic E-state index is -3.89. The molecule has 2 rings (SSSR count). The minimum Gasteiger partial charge on any atom is -0.480 e. The molecule has 0 fully saturated rings. The van der Waals surface area contributed by atoms with Gasteiger partial charge in [-0.15, -0.1) is 11.3 Å². The van der Waals surface area contributed by atoms with Gasteiger partial charge in [0.2, 0.25) is 10.0 Å². The molecule has 0 saturated carbocycles. The van der Waals surface area contributed by atoms with Crippen molar-refractivity contribution < 1.29 is 22.7 Å². The van der Waals surface area contributed by atoms with Crippen molar-refractivity contribution in [3.05, 3.63) is 46.5 Å². The van der Waals surface area contributed by atoms with Gasteiger partial charge in [-0.2, -0.15) is 4.31 Å². The summed E-state index contributed by atoms with van der Waals surface area (Å²) in [6.07, 6.45) is 1.45. The highest BCUT2D eigenvalue weighted by molar-refractivity contribution is 7.89. The molecule has 8 heteroatoms. The molecule has 2 aromatic rings. The minimum absolute atomic E-state index is 0.0144. The standard InChI is InChI=1S/C12H13NO5S2/c14-12(15)9-20(16,17)13(7-10-3-1-5-18-10)8-11-4-2-6-19-11/h1-6H,7-9H2,(H,14,15). The number of carboxylic acid groups (broad SMARTS) is 1. The van der Waals surface area contributed by atoms with Crippen molar-refractivity contribution in [1.29, 1.82) is 0 Å². The van der Waals surface area contributed by atoms with Crippen LogP contribution in [0.25, 0.3) is 0 Å². The van der Waals surface area contributed by atoms with Crippen LogP contribution in [-0.4, -0.2) is 29.6 Å². The van der Waals surface area contributed by atoms with Crippen LogP contribution in [0.15, 0.2) is 40.3 Å². The van der Waals surface area contributed by atoms with Gasteiger partial charge in [0.25, 0.3) is 0 Å². The van der Waals surface area contributed by atoms with Crippen molar-refractivity contribution in [2.45, 2.75) is 13.1 Å². The lowest BCUT2D eigenvalue weighted by atomic mass is 10.4. The number of carboxylic acids is 1. The predicted octanol–water partition coefficient (Wildman–Crippen LogP) is 1.76. The van der Waals surface area contributed by atoms with Crippen molar-refractivity contribution in [1.82, 2.24) is 4.31 Å². The van der Waals surface area contributed by atoms with E-state index in [0.29, 0.717) is 5.76 Å². The van der Waals surface area contributed by atoms with E-state index in [1.165, 1.54) is 17.6 Å². The van der Waals surface area contributed by atoms with Gasteiger partial charge >= 0.3 is 5.97 Å². The lowest BCUT2D eigenvalue weighted by Crippen LogP contribution is -2.34. The molecule has 0 amide bonds. The first-order valence-corrected chi connectivity index (χ1v) is 8.20. The number of nitrogens with zero attached hydrogens (tertiary/aromatic N) is 1. The molecule has 1 N–H and O–H groups in total. The first kappa shape index (κ1) is 14.8. The van der Waals surface area contributed by atoms with Gasteiger partial charge < -0.3 is 9.52 Å². The summed E-state index contributed by atoms with van der Waals surface area (Å²) in [5, 5.41) is 10.6. The normalized spacial score (nSPS) is 11.8. The summed E-state index contributed by atoms with van der Waals surface area (Å²) in [5.74, 6) is -1.84. The maximum Gasteiger partial charge on any atom is 0.320 e. The molecule has 2 heterocycles. The van der Waals surface area contributed by atoms with Crippen molar-refractivity contribution >= 4 is 27.3 Å². The smallest absolute Gasteiger partial charge is 0.320 e. The van der Waals surface area contributed by atoms with E-state index in [9.17, 15) is 13.2 Å². The average molecular weight is 315 g/mol. The van der Waals surface area contributed by atoms with E-state index in [0.717, 1.165) is 9.18 Å². The second kappa shape index (κ2) is 6.21. The Morgan fingerprint density at radius 2 is 2.10 bits per heavy atom. The monoisotopic (exact) mass is 315 g/mol. The first-order chi connectivity index (χ1) is 9.47. The fourth-order valence-electron chi connectivity index (χ4n) is 1.65. The van der Waals surface area contributed by atoms with Crippen LogP contribution in [0, 0.1) is 0 Å². The maximum atomic E-state index is 12.1. The van der Waals surface area contributed by atoms with Gasteiger partial charge in [-0.05, 0) is 23.6 Å². The number of thiophene rings is 1. The quantitative estimate of drug-likeness (QED) is 0.841. The second-order valence-corrected chi connectivity index (χ2v) is 7.08. The molecule has 2 aromatic heterocycles.